The summed E-state index contributed by atoms with van der Waals surface area (Å²) < 4.78 is 5.37. The minimum atomic E-state index is 0.0777. The molecular weight excluding hydrogens is 226 g/mol. The van der Waals surface area contributed by atoms with Crippen molar-refractivity contribution in [2.24, 2.45) is 0 Å². The van der Waals surface area contributed by atoms with Gasteiger partial charge in [-0.1, -0.05) is 24.3 Å². The van der Waals surface area contributed by atoms with Crippen LogP contribution in [0.1, 0.15) is 42.8 Å². The van der Waals surface area contributed by atoms with Crippen molar-refractivity contribution >= 4 is 0 Å². The Morgan fingerprint density at radius 3 is 2.67 bits per heavy atom. The molecule has 18 heavy (non-hydrogen) atoms. The molecule has 0 spiro atoms. The van der Waals surface area contributed by atoms with E-state index in [9.17, 15) is 0 Å². The van der Waals surface area contributed by atoms with Crippen molar-refractivity contribution in [3.05, 3.63) is 59.5 Å². The molecule has 2 atom stereocenters. The number of hydrogen-bond donors (Lipinski definition) is 2. The Bertz CT molecular complexity index is 479. The number of nitrogens with one attached hydrogen (secondary N) is 1. The van der Waals surface area contributed by atoms with Gasteiger partial charge in [0.05, 0.1) is 18.9 Å². The Morgan fingerprint density at radius 1 is 1.17 bits per heavy atom. The van der Waals surface area contributed by atoms with Gasteiger partial charge in [0.1, 0.15) is 5.76 Å². The fourth-order valence-electron chi connectivity index (χ4n) is 2.05. The lowest BCUT2D eigenvalue weighted by Gasteiger charge is -2.19. The first-order chi connectivity index (χ1) is 8.70. The number of rotatable bonds is 5. The van der Waals surface area contributed by atoms with Crippen molar-refractivity contribution in [3.8, 4) is 0 Å². The molecular formula is C15H19NO2. The molecule has 0 aliphatic carbocycles. The molecule has 2 aromatic rings. The molecule has 0 aliphatic rings. The van der Waals surface area contributed by atoms with E-state index in [1.807, 2.05) is 30.3 Å². The Balaban J connectivity index is 2.04. The lowest BCUT2D eigenvalue weighted by molar-refractivity contribution is 0.281. The molecule has 1 aromatic heterocycles. The van der Waals surface area contributed by atoms with Gasteiger partial charge in [0.25, 0.3) is 0 Å². The molecule has 0 bridgehead atoms. The molecule has 3 nitrogen and oxygen atoms in total. The van der Waals surface area contributed by atoms with Crippen molar-refractivity contribution < 1.29 is 9.52 Å². The summed E-state index contributed by atoms with van der Waals surface area (Å²) in [6.07, 6.45) is 1.69. The number of aliphatic hydroxyl groups is 1. The van der Waals surface area contributed by atoms with Crippen LogP contribution in [-0.2, 0) is 6.61 Å². The first-order valence-electron chi connectivity index (χ1n) is 6.20. The van der Waals surface area contributed by atoms with E-state index < -0.39 is 0 Å². The molecule has 1 heterocycles. The zero-order chi connectivity index (χ0) is 13.0. The van der Waals surface area contributed by atoms with E-state index in [0.29, 0.717) is 0 Å². The lowest BCUT2D eigenvalue weighted by atomic mass is 10.0. The van der Waals surface area contributed by atoms with Gasteiger partial charge in [-0.25, -0.2) is 0 Å². The lowest BCUT2D eigenvalue weighted by Crippen LogP contribution is -2.22. The van der Waals surface area contributed by atoms with Crippen molar-refractivity contribution in [3.63, 3.8) is 0 Å². The van der Waals surface area contributed by atoms with Crippen molar-refractivity contribution in [2.75, 3.05) is 0 Å². The van der Waals surface area contributed by atoms with Crippen LogP contribution in [0.4, 0.5) is 0 Å². The van der Waals surface area contributed by atoms with Crippen LogP contribution in [0.5, 0.6) is 0 Å². The van der Waals surface area contributed by atoms with Gasteiger partial charge in [0.15, 0.2) is 0 Å². The molecule has 0 fully saturated rings. The highest BCUT2D eigenvalue weighted by Gasteiger charge is 2.13. The maximum Gasteiger partial charge on any atom is 0.120 e. The standard InChI is InChI=1S/C15H19NO2/c1-11(14-6-3-5-13(9-14)10-17)16-12(2)15-7-4-8-18-15/h3-9,11-12,16-17H,10H2,1-2H3. The van der Waals surface area contributed by atoms with E-state index in [4.69, 9.17) is 9.52 Å². The Kier molecular flexibility index (Phi) is 4.18. The maximum absolute atomic E-state index is 9.14. The second-order valence-corrected chi connectivity index (χ2v) is 4.53. The van der Waals surface area contributed by atoms with Crippen molar-refractivity contribution in [1.82, 2.24) is 5.32 Å². The molecule has 2 rings (SSSR count). The smallest absolute Gasteiger partial charge is 0.120 e. The van der Waals surface area contributed by atoms with Crippen LogP contribution in [0.25, 0.3) is 0 Å². The summed E-state index contributed by atoms with van der Waals surface area (Å²) in [7, 11) is 0. The van der Waals surface area contributed by atoms with Crippen LogP contribution >= 0.6 is 0 Å². The predicted molar refractivity (Wildman–Crippen MR) is 71.0 cm³/mol. The summed E-state index contributed by atoms with van der Waals surface area (Å²) in [5.41, 5.74) is 2.10. The van der Waals surface area contributed by atoms with E-state index in [1.54, 1.807) is 6.26 Å². The van der Waals surface area contributed by atoms with E-state index in [-0.39, 0.29) is 18.7 Å². The second-order valence-electron chi connectivity index (χ2n) is 4.53. The minimum Gasteiger partial charge on any atom is -0.468 e. The topological polar surface area (TPSA) is 45.4 Å². The van der Waals surface area contributed by atoms with Gasteiger partial charge < -0.3 is 14.8 Å². The normalized spacial score (nSPS) is 14.4. The summed E-state index contributed by atoms with van der Waals surface area (Å²) in [5, 5.41) is 12.6. The first-order valence-corrected chi connectivity index (χ1v) is 6.20. The third-order valence-electron chi connectivity index (χ3n) is 3.10. The molecule has 0 saturated heterocycles. The van der Waals surface area contributed by atoms with Crippen LogP contribution in [0.3, 0.4) is 0 Å². The summed E-state index contributed by atoms with van der Waals surface area (Å²) in [6.45, 7) is 4.26. The van der Waals surface area contributed by atoms with Gasteiger partial charge in [-0.15, -0.1) is 0 Å². The van der Waals surface area contributed by atoms with Crippen LogP contribution in [0, 0.1) is 0 Å². The number of benzene rings is 1. The largest absolute Gasteiger partial charge is 0.468 e. The van der Waals surface area contributed by atoms with Crippen LogP contribution in [0.2, 0.25) is 0 Å². The van der Waals surface area contributed by atoms with Crippen LogP contribution in [-0.4, -0.2) is 5.11 Å². The summed E-state index contributed by atoms with van der Waals surface area (Å²) in [5.74, 6) is 0.931. The minimum absolute atomic E-state index is 0.0777. The summed E-state index contributed by atoms with van der Waals surface area (Å²) >= 11 is 0. The highest BCUT2D eigenvalue weighted by molar-refractivity contribution is 5.25. The average molecular weight is 245 g/mol. The van der Waals surface area contributed by atoms with Crippen molar-refractivity contribution in [1.29, 1.82) is 0 Å². The van der Waals surface area contributed by atoms with E-state index in [2.05, 4.69) is 25.2 Å². The molecule has 0 amide bonds. The SMILES string of the molecule is CC(NC(C)c1ccco1)c1cccc(CO)c1. The zero-order valence-corrected chi connectivity index (χ0v) is 10.8. The quantitative estimate of drug-likeness (QED) is 0.850. The Labute approximate surface area is 107 Å². The Morgan fingerprint density at radius 2 is 2.00 bits per heavy atom. The fourth-order valence-corrected chi connectivity index (χ4v) is 2.05. The van der Waals surface area contributed by atoms with Crippen LogP contribution < -0.4 is 5.32 Å². The van der Waals surface area contributed by atoms with Gasteiger partial charge in [0, 0.05) is 6.04 Å². The predicted octanol–water partition coefficient (Wildman–Crippen LogP) is 3.18. The van der Waals surface area contributed by atoms with E-state index in [1.165, 1.54) is 5.56 Å². The third kappa shape index (κ3) is 3.00. The van der Waals surface area contributed by atoms with Gasteiger partial charge in [0.2, 0.25) is 0 Å². The zero-order valence-electron chi connectivity index (χ0n) is 10.8. The van der Waals surface area contributed by atoms with Gasteiger partial charge in [-0.2, -0.15) is 0 Å². The molecule has 3 heteroatoms. The van der Waals surface area contributed by atoms with E-state index in [0.717, 1.165) is 11.3 Å². The summed E-state index contributed by atoms with van der Waals surface area (Å²) in [4.78, 5) is 0. The molecule has 2 N–H and O–H groups in total. The van der Waals surface area contributed by atoms with Gasteiger partial charge in [-0.3, -0.25) is 0 Å². The summed E-state index contributed by atoms with van der Waals surface area (Å²) in [6, 6.07) is 12.2. The molecule has 96 valence electrons. The molecule has 0 radical (unpaired) electrons. The fraction of sp³-hybridized carbons (Fsp3) is 0.333. The molecule has 0 aliphatic heterocycles. The average Bonchev–Trinajstić information content (AvgIpc) is 2.92. The first kappa shape index (κ1) is 12.9. The Hall–Kier alpha value is -1.58. The van der Waals surface area contributed by atoms with E-state index >= 15 is 0 Å². The number of aliphatic hydroxyl groups excluding tert-OH is 1. The van der Waals surface area contributed by atoms with Crippen LogP contribution in [0.15, 0.2) is 47.1 Å². The molecule has 2 unspecified atom stereocenters. The molecule has 1 aromatic carbocycles. The highest BCUT2D eigenvalue weighted by atomic mass is 16.3. The van der Waals surface area contributed by atoms with Gasteiger partial charge in [-0.05, 0) is 37.1 Å². The highest BCUT2D eigenvalue weighted by Crippen LogP contribution is 2.20. The van der Waals surface area contributed by atoms with Crippen molar-refractivity contribution in [2.45, 2.75) is 32.5 Å². The number of furan rings is 1. The molecule has 0 saturated carbocycles. The van der Waals surface area contributed by atoms with Gasteiger partial charge >= 0.3 is 0 Å². The monoisotopic (exact) mass is 245 g/mol. The number of hydrogen-bond acceptors (Lipinski definition) is 3. The maximum atomic E-state index is 9.14. The third-order valence-corrected chi connectivity index (χ3v) is 3.10. The second kappa shape index (κ2) is 5.85.